The molecule has 11 heteroatoms. The molecule has 4 amide bonds. The van der Waals surface area contributed by atoms with Crippen molar-refractivity contribution in [3.63, 3.8) is 0 Å². The molecule has 3 fully saturated rings. The van der Waals surface area contributed by atoms with Crippen LogP contribution >= 0.6 is 0 Å². The molecule has 0 aliphatic carbocycles. The lowest BCUT2D eigenvalue weighted by molar-refractivity contribution is -0.144. The zero-order chi connectivity index (χ0) is 35.2. The summed E-state index contributed by atoms with van der Waals surface area (Å²) < 4.78 is 0. The maximum atomic E-state index is 14.2. The van der Waals surface area contributed by atoms with Gasteiger partial charge in [-0.15, -0.1) is 0 Å². The maximum Gasteiger partial charge on any atom is 0.245 e. The average Bonchev–Trinajstić information content (AvgIpc) is 3.74. The van der Waals surface area contributed by atoms with Gasteiger partial charge in [0.25, 0.3) is 0 Å². The number of nitrogens with zero attached hydrogens (tertiary/aromatic N) is 4. The number of rotatable bonds is 12. The second kappa shape index (κ2) is 16.6. The Labute approximate surface area is 287 Å². The summed E-state index contributed by atoms with van der Waals surface area (Å²) in [5.41, 5.74) is 0.236. The Kier molecular flexibility index (Phi) is 13.1. The van der Waals surface area contributed by atoms with Crippen LogP contribution in [-0.2, 0) is 19.2 Å². The largest absolute Gasteiger partial charge is 0.387 e. The van der Waals surface area contributed by atoms with Gasteiger partial charge in [0.1, 0.15) is 12.1 Å². The molecule has 48 heavy (non-hydrogen) atoms. The van der Waals surface area contributed by atoms with Gasteiger partial charge >= 0.3 is 0 Å². The molecule has 0 saturated carbocycles. The van der Waals surface area contributed by atoms with E-state index < -0.39 is 23.6 Å². The summed E-state index contributed by atoms with van der Waals surface area (Å²) >= 11 is 0. The van der Waals surface area contributed by atoms with Gasteiger partial charge in [0.15, 0.2) is 0 Å². The molecule has 11 nitrogen and oxygen atoms in total. The van der Waals surface area contributed by atoms with Gasteiger partial charge in [0, 0.05) is 32.7 Å². The number of hydrogen-bond acceptors (Lipinski definition) is 7. The van der Waals surface area contributed by atoms with Crippen LogP contribution in [0.2, 0.25) is 0 Å². The van der Waals surface area contributed by atoms with Crippen LogP contribution < -0.4 is 10.6 Å². The number of amides is 4. The number of likely N-dealkylation sites (N-methyl/N-ethyl adjacent to an activating group) is 2. The molecule has 3 N–H and O–H groups in total. The van der Waals surface area contributed by atoms with Crippen LogP contribution in [0.3, 0.4) is 0 Å². The van der Waals surface area contributed by atoms with Gasteiger partial charge in [-0.25, -0.2) is 0 Å². The fourth-order valence-electron chi connectivity index (χ4n) is 7.61. The Morgan fingerprint density at radius 1 is 0.896 bits per heavy atom. The number of hydrogen-bond donors (Lipinski definition) is 3. The molecule has 3 aliphatic rings. The lowest BCUT2D eigenvalue weighted by Gasteiger charge is -2.41. The fraction of sp³-hybridized carbons (Fsp3) is 0.730. The molecule has 3 heterocycles. The maximum absolute atomic E-state index is 14.2. The highest BCUT2D eigenvalue weighted by Gasteiger charge is 2.43. The third kappa shape index (κ3) is 9.15. The van der Waals surface area contributed by atoms with E-state index in [1.807, 2.05) is 65.2 Å². The van der Waals surface area contributed by atoms with Crippen molar-refractivity contribution in [1.29, 1.82) is 0 Å². The molecule has 0 aromatic heterocycles. The first-order valence-corrected chi connectivity index (χ1v) is 18.0. The molecule has 3 saturated heterocycles. The first-order chi connectivity index (χ1) is 22.7. The topological polar surface area (TPSA) is 126 Å². The number of benzene rings is 1. The van der Waals surface area contributed by atoms with Gasteiger partial charge in [-0.3, -0.25) is 29.0 Å². The van der Waals surface area contributed by atoms with E-state index in [1.54, 1.807) is 9.80 Å². The van der Waals surface area contributed by atoms with E-state index >= 15 is 0 Å². The number of aliphatic hydroxyl groups is 1. The molecule has 1 aromatic rings. The molecular weight excluding hydrogens is 608 g/mol. The van der Waals surface area contributed by atoms with Crippen molar-refractivity contribution in [2.75, 3.05) is 46.8 Å². The van der Waals surface area contributed by atoms with Crippen LogP contribution in [0.4, 0.5) is 0 Å². The molecule has 268 valence electrons. The molecule has 0 bridgehead atoms. The quantitative estimate of drug-likeness (QED) is 0.313. The summed E-state index contributed by atoms with van der Waals surface area (Å²) in [4.78, 5) is 62.7. The second-order valence-corrected chi connectivity index (χ2v) is 15.6. The van der Waals surface area contributed by atoms with Crippen LogP contribution in [-0.4, -0.2) is 125 Å². The highest BCUT2D eigenvalue weighted by Crippen LogP contribution is 2.28. The number of carbonyl (C=O) groups is 4. The van der Waals surface area contributed by atoms with E-state index in [4.69, 9.17) is 0 Å². The second-order valence-electron chi connectivity index (χ2n) is 15.6. The molecule has 6 atom stereocenters. The van der Waals surface area contributed by atoms with E-state index in [2.05, 4.69) is 34.3 Å². The van der Waals surface area contributed by atoms with E-state index in [-0.39, 0.29) is 54.2 Å². The highest BCUT2D eigenvalue weighted by molar-refractivity contribution is 5.91. The van der Waals surface area contributed by atoms with Crippen LogP contribution in [0, 0.1) is 11.3 Å². The van der Waals surface area contributed by atoms with Crippen LogP contribution in [0.25, 0.3) is 0 Å². The molecule has 3 aliphatic heterocycles. The van der Waals surface area contributed by atoms with Crippen molar-refractivity contribution in [1.82, 2.24) is 30.2 Å². The first kappa shape index (κ1) is 37.8. The summed E-state index contributed by atoms with van der Waals surface area (Å²) in [6.45, 7) is 12.9. The van der Waals surface area contributed by atoms with E-state index in [1.165, 1.54) is 0 Å². The number of carbonyl (C=O) groups excluding carboxylic acids is 4. The molecule has 0 spiro atoms. The summed E-state index contributed by atoms with van der Waals surface area (Å²) in [7, 11) is 3.79. The normalized spacial score (nSPS) is 24.3. The predicted molar refractivity (Wildman–Crippen MR) is 187 cm³/mol. The lowest BCUT2D eigenvalue weighted by atomic mass is 9.84. The molecule has 0 unspecified atom stereocenters. The Morgan fingerprint density at radius 3 is 2.19 bits per heavy atom. The minimum absolute atomic E-state index is 0.0401. The van der Waals surface area contributed by atoms with Crippen LogP contribution in [0.15, 0.2) is 30.3 Å². The van der Waals surface area contributed by atoms with Gasteiger partial charge in [-0.05, 0) is 75.6 Å². The van der Waals surface area contributed by atoms with Crippen LogP contribution in [0.1, 0.15) is 91.2 Å². The van der Waals surface area contributed by atoms with Gasteiger partial charge in [-0.1, -0.05) is 71.4 Å². The van der Waals surface area contributed by atoms with E-state index in [0.29, 0.717) is 25.9 Å². The monoisotopic (exact) mass is 668 g/mol. The molecule has 1 aromatic carbocycles. The van der Waals surface area contributed by atoms with Crippen molar-refractivity contribution < 1.29 is 24.3 Å². The van der Waals surface area contributed by atoms with Crippen molar-refractivity contribution in [3.8, 4) is 0 Å². The Morgan fingerprint density at radius 2 is 1.54 bits per heavy atom. The Bertz CT molecular complexity index is 1250. The van der Waals surface area contributed by atoms with Crippen molar-refractivity contribution in [2.45, 2.75) is 116 Å². The van der Waals surface area contributed by atoms with Gasteiger partial charge in [0.05, 0.1) is 18.2 Å². The zero-order valence-electron chi connectivity index (χ0n) is 30.3. The van der Waals surface area contributed by atoms with E-state index in [0.717, 1.165) is 50.8 Å². The number of nitrogens with one attached hydrogen (secondary N) is 2. The van der Waals surface area contributed by atoms with Crippen LogP contribution in [0.5, 0.6) is 0 Å². The highest BCUT2D eigenvalue weighted by atomic mass is 16.3. The first-order valence-electron chi connectivity index (χ1n) is 18.0. The molecule has 0 radical (unpaired) electrons. The number of piperidine rings is 1. The summed E-state index contributed by atoms with van der Waals surface area (Å²) in [5, 5.41) is 16.5. The van der Waals surface area contributed by atoms with Gasteiger partial charge in [-0.2, -0.15) is 0 Å². The number of likely N-dealkylation sites (tertiary alicyclic amines) is 3. The standard InChI is InChI=1S/C37H60N6O5/c1-25(2)30(41(7)36(48)32(37(3,4)5)39-34(46)27-17-11-12-20-40(27)6)24-42-21-13-19-29(42)35(47)43-22-14-18-28(43)33(45)38-23-31(44)26-15-9-8-10-16-26/h8-10,15-16,25,27-32,44H,11-14,17-24H2,1-7H3,(H,38,45)(H,39,46)/t27-,28+,29+,30-,31+,32-/m1/s1. The predicted octanol–water partition coefficient (Wildman–Crippen LogP) is 2.79. The lowest BCUT2D eigenvalue weighted by Crippen LogP contribution is -2.61. The minimum atomic E-state index is -0.821. The Balaban J connectivity index is 1.41. The summed E-state index contributed by atoms with van der Waals surface area (Å²) in [6, 6.07) is 7.19. The zero-order valence-corrected chi connectivity index (χ0v) is 30.3. The van der Waals surface area contributed by atoms with Gasteiger partial charge < -0.3 is 25.5 Å². The molecule has 4 rings (SSSR count). The average molecular weight is 669 g/mol. The number of aliphatic hydroxyl groups excluding tert-OH is 1. The van der Waals surface area contributed by atoms with Crippen molar-refractivity contribution in [3.05, 3.63) is 35.9 Å². The third-order valence-corrected chi connectivity index (χ3v) is 10.7. The smallest absolute Gasteiger partial charge is 0.245 e. The van der Waals surface area contributed by atoms with E-state index in [9.17, 15) is 24.3 Å². The third-order valence-electron chi connectivity index (χ3n) is 10.7. The van der Waals surface area contributed by atoms with Crippen molar-refractivity contribution >= 4 is 23.6 Å². The fourth-order valence-corrected chi connectivity index (χ4v) is 7.61. The molecular formula is C37H60N6O5. The summed E-state index contributed by atoms with van der Waals surface area (Å²) in [6.07, 6.45) is 4.95. The SMILES string of the molecule is CC(C)[C@@H](CN1CCC[C@H]1C(=O)N1CCC[C@H]1C(=O)NC[C@H](O)c1ccccc1)N(C)C(=O)[C@@H](NC(=O)[C@H]1CCCCN1C)C(C)(C)C. The minimum Gasteiger partial charge on any atom is -0.387 e. The Hall–Kier alpha value is -3.02. The van der Waals surface area contributed by atoms with Gasteiger partial charge in [0.2, 0.25) is 23.6 Å². The summed E-state index contributed by atoms with van der Waals surface area (Å²) in [5.74, 6) is -0.382. The van der Waals surface area contributed by atoms with Crippen molar-refractivity contribution in [2.24, 2.45) is 11.3 Å².